The van der Waals surface area contributed by atoms with E-state index in [2.05, 4.69) is 25.3 Å². The lowest BCUT2D eigenvalue weighted by Crippen LogP contribution is -2.23. The van der Waals surface area contributed by atoms with E-state index >= 15 is 0 Å². The van der Waals surface area contributed by atoms with Gasteiger partial charge in [0.25, 0.3) is 5.56 Å². The SMILES string of the molecule is Cc1nc(C)c(C(C)Nc2cncnc2)c(=O)[nH]1. The molecule has 0 saturated heterocycles. The van der Waals surface area contributed by atoms with Crippen molar-refractivity contribution in [3.8, 4) is 0 Å². The predicted molar refractivity (Wildman–Crippen MR) is 68.4 cm³/mol. The molecule has 2 aromatic rings. The fraction of sp³-hybridized carbons (Fsp3) is 0.333. The Morgan fingerprint density at radius 3 is 2.56 bits per heavy atom. The molecule has 0 spiro atoms. The molecule has 6 nitrogen and oxygen atoms in total. The first-order chi connectivity index (χ1) is 8.58. The first kappa shape index (κ1) is 12.2. The van der Waals surface area contributed by atoms with Crippen molar-refractivity contribution in [1.29, 1.82) is 0 Å². The molecule has 0 radical (unpaired) electrons. The van der Waals surface area contributed by atoms with Crippen LogP contribution in [0.3, 0.4) is 0 Å². The van der Waals surface area contributed by atoms with Crippen LogP contribution in [-0.4, -0.2) is 19.9 Å². The summed E-state index contributed by atoms with van der Waals surface area (Å²) in [6, 6.07) is -0.159. The summed E-state index contributed by atoms with van der Waals surface area (Å²) >= 11 is 0. The van der Waals surface area contributed by atoms with Crippen LogP contribution in [0.4, 0.5) is 5.69 Å². The molecular weight excluding hydrogens is 230 g/mol. The highest BCUT2D eigenvalue weighted by Crippen LogP contribution is 2.16. The van der Waals surface area contributed by atoms with Crippen LogP contribution in [0.2, 0.25) is 0 Å². The zero-order valence-electron chi connectivity index (χ0n) is 10.6. The molecule has 2 heterocycles. The molecule has 0 saturated carbocycles. The van der Waals surface area contributed by atoms with Crippen LogP contribution >= 0.6 is 0 Å². The number of nitrogens with one attached hydrogen (secondary N) is 2. The van der Waals surface area contributed by atoms with Crippen molar-refractivity contribution >= 4 is 5.69 Å². The largest absolute Gasteiger partial charge is 0.376 e. The van der Waals surface area contributed by atoms with Gasteiger partial charge in [-0.3, -0.25) is 4.79 Å². The molecule has 0 amide bonds. The van der Waals surface area contributed by atoms with Gasteiger partial charge < -0.3 is 10.3 Å². The third-order valence-electron chi connectivity index (χ3n) is 2.64. The number of anilines is 1. The second kappa shape index (κ2) is 4.95. The molecule has 0 aromatic carbocycles. The summed E-state index contributed by atoms with van der Waals surface area (Å²) in [5, 5.41) is 3.17. The topological polar surface area (TPSA) is 83.6 Å². The Hall–Kier alpha value is -2.24. The number of aromatic nitrogens is 4. The lowest BCUT2D eigenvalue weighted by atomic mass is 10.1. The van der Waals surface area contributed by atoms with E-state index < -0.39 is 0 Å². The summed E-state index contributed by atoms with van der Waals surface area (Å²) in [7, 11) is 0. The van der Waals surface area contributed by atoms with Crippen LogP contribution in [0.25, 0.3) is 0 Å². The minimum atomic E-state index is -0.159. The summed E-state index contributed by atoms with van der Waals surface area (Å²) in [6.45, 7) is 5.50. The number of hydrogen-bond donors (Lipinski definition) is 2. The molecule has 2 aromatic heterocycles. The van der Waals surface area contributed by atoms with E-state index in [1.54, 1.807) is 19.3 Å². The minimum absolute atomic E-state index is 0.114. The van der Waals surface area contributed by atoms with E-state index in [9.17, 15) is 4.79 Å². The molecule has 1 atom stereocenters. The summed E-state index contributed by atoms with van der Waals surface area (Å²) in [5.41, 5.74) is 2.01. The van der Waals surface area contributed by atoms with Crippen LogP contribution in [-0.2, 0) is 0 Å². The second-order valence-corrected chi connectivity index (χ2v) is 4.14. The van der Waals surface area contributed by atoms with Crippen molar-refractivity contribution < 1.29 is 0 Å². The van der Waals surface area contributed by atoms with Gasteiger partial charge in [0.05, 0.1) is 35.4 Å². The van der Waals surface area contributed by atoms with Crippen molar-refractivity contribution in [2.45, 2.75) is 26.8 Å². The Balaban J connectivity index is 2.30. The quantitative estimate of drug-likeness (QED) is 0.852. The third-order valence-corrected chi connectivity index (χ3v) is 2.64. The maximum atomic E-state index is 11.9. The van der Waals surface area contributed by atoms with Crippen molar-refractivity contribution in [3.63, 3.8) is 0 Å². The van der Waals surface area contributed by atoms with Gasteiger partial charge in [0.2, 0.25) is 0 Å². The summed E-state index contributed by atoms with van der Waals surface area (Å²) < 4.78 is 0. The predicted octanol–water partition coefficient (Wildman–Crippen LogP) is 1.35. The molecule has 1 unspecified atom stereocenters. The van der Waals surface area contributed by atoms with E-state index in [4.69, 9.17) is 0 Å². The number of aryl methyl sites for hydroxylation is 2. The monoisotopic (exact) mass is 245 g/mol. The van der Waals surface area contributed by atoms with Gasteiger partial charge >= 0.3 is 0 Å². The zero-order valence-corrected chi connectivity index (χ0v) is 10.6. The molecule has 0 bridgehead atoms. The van der Waals surface area contributed by atoms with Crippen LogP contribution in [0, 0.1) is 13.8 Å². The van der Waals surface area contributed by atoms with Gasteiger partial charge in [-0.15, -0.1) is 0 Å². The Kier molecular flexibility index (Phi) is 3.36. The van der Waals surface area contributed by atoms with Crippen LogP contribution in [0.15, 0.2) is 23.5 Å². The smallest absolute Gasteiger partial charge is 0.256 e. The second-order valence-electron chi connectivity index (χ2n) is 4.14. The normalized spacial score (nSPS) is 12.2. The van der Waals surface area contributed by atoms with Crippen molar-refractivity contribution in [1.82, 2.24) is 19.9 Å². The molecule has 6 heteroatoms. The fourth-order valence-corrected chi connectivity index (χ4v) is 1.94. The van der Waals surface area contributed by atoms with Gasteiger partial charge in [-0.2, -0.15) is 0 Å². The molecule has 18 heavy (non-hydrogen) atoms. The number of H-pyrrole nitrogens is 1. The molecule has 94 valence electrons. The van der Waals surface area contributed by atoms with Crippen molar-refractivity contribution in [2.75, 3.05) is 5.32 Å². The maximum Gasteiger partial charge on any atom is 0.256 e. The van der Waals surface area contributed by atoms with Crippen molar-refractivity contribution in [2.24, 2.45) is 0 Å². The van der Waals surface area contributed by atoms with E-state index in [1.807, 2.05) is 13.8 Å². The lowest BCUT2D eigenvalue weighted by molar-refractivity contribution is 0.811. The van der Waals surface area contributed by atoms with Crippen LogP contribution in [0.5, 0.6) is 0 Å². The highest BCUT2D eigenvalue weighted by atomic mass is 16.1. The van der Waals surface area contributed by atoms with Gasteiger partial charge in [0, 0.05) is 0 Å². The fourth-order valence-electron chi connectivity index (χ4n) is 1.94. The average Bonchev–Trinajstić information content (AvgIpc) is 2.28. The van der Waals surface area contributed by atoms with Crippen molar-refractivity contribution in [3.05, 3.63) is 46.2 Å². The standard InChI is InChI=1S/C12H15N5O/c1-7-11(12(18)17-9(3)15-7)8(2)16-10-4-13-6-14-5-10/h4-6,8,16H,1-3H3,(H,15,17,18). The first-order valence-electron chi connectivity index (χ1n) is 5.67. The number of rotatable bonds is 3. The van der Waals surface area contributed by atoms with E-state index in [0.717, 1.165) is 11.4 Å². The highest BCUT2D eigenvalue weighted by Gasteiger charge is 2.14. The minimum Gasteiger partial charge on any atom is -0.376 e. The summed E-state index contributed by atoms with van der Waals surface area (Å²) in [6.07, 6.45) is 4.78. The Morgan fingerprint density at radius 1 is 1.28 bits per heavy atom. The van der Waals surface area contributed by atoms with E-state index in [-0.39, 0.29) is 11.6 Å². The Bertz CT molecular complexity index is 593. The summed E-state index contributed by atoms with van der Waals surface area (Å²) in [4.78, 5) is 26.7. The summed E-state index contributed by atoms with van der Waals surface area (Å²) in [5.74, 6) is 0.622. The molecular formula is C12H15N5O. The van der Waals surface area contributed by atoms with Gasteiger partial charge in [0.15, 0.2) is 0 Å². The Labute approximate surface area is 105 Å². The highest BCUT2D eigenvalue weighted by molar-refractivity contribution is 5.40. The zero-order chi connectivity index (χ0) is 13.1. The number of nitrogens with zero attached hydrogens (tertiary/aromatic N) is 3. The van der Waals surface area contributed by atoms with Crippen LogP contribution < -0.4 is 10.9 Å². The number of hydrogen-bond acceptors (Lipinski definition) is 5. The Morgan fingerprint density at radius 2 is 1.94 bits per heavy atom. The maximum absolute atomic E-state index is 11.9. The van der Waals surface area contributed by atoms with Gasteiger partial charge in [-0.05, 0) is 20.8 Å². The molecule has 0 fully saturated rings. The first-order valence-corrected chi connectivity index (χ1v) is 5.67. The molecule has 0 aliphatic heterocycles. The van der Waals surface area contributed by atoms with E-state index in [1.165, 1.54) is 6.33 Å². The van der Waals surface area contributed by atoms with Gasteiger partial charge in [-0.1, -0.05) is 0 Å². The lowest BCUT2D eigenvalue weighted by Gasteiger charge is -2.15. The molecule has 2 N–H and O–H groups in total. The van der Waals surface area contributed by atoms with E-state index in [0.29, 0.717) is 11.4 Å². The molecule has 2 rings (SSSR count). The van der Waals surface area contributed by atoms with Gasteiger partial charge in [0.1, 0.15) is 12.2 Å². The van der Waals surface area contributed by atoms with Crippen LogP contribution in [0.1, 0.15) is 30.0 Å². The average molecular weight is 245 g/mol. The molecule has 0 aliphatic rings. The number of aromatic amines is 1. The van der Waals surface area contributed by atoms with Gasteiger partial charge in [-0.25, -0.2) is 15.0 Å². The third kappa shape index (κ3) is 2.53. The molecule has 0 aliphatic carbocycles.